The lowest BCUT2D eigenvalue weighted by Gasteiger charge is -2.17. The van der Waals surface area contributed by atoms with Gasteiger partial charge in [0.15, 0.2) is 23.3 Å². The summed E-state index contributed by atoms with van der Waals surface area (Å²) in [5, 5.41) is 7.79. The fourth-order valence-electron chi connectivity index (χ4n) is 1.89. The van der Waals surface area contributed by atoms with Crippen molar-refractivity contribution in [1.82, 2.24) is 4.98 Å². The second-order valence-corrected chi connectivity index (χ2v) is 5.28. The zero-order chi connectivity index (χ0) is 14.5. The van der Waals surface area contributed by atoms with E-state index in [4.69, 9.17) is 0 Å². The molecule has 2 heterocycles. The number of hydrogen-bond acceptors (Lipinski definition) is 4. The minimum Gasteiger partial charge on any atom is -0.368 e. The maximum atomic E-state index is 13.8. The third kappa shape index (κ3) is 3.25. The molecule has 2 rings (SSSR count). The number of nitrogens with one attached hydrogen (secondary N) is 2. The Kier molecular flexibility index (Phi) is 4.89. The molecule has 2 aromatic rings. The van der Waals surface area contributed by atoms with Crippen molar-refractivity contribution in [2.45, 2.75) is 26.3 Å². The molecule has 0 aromatic carbocycles. The first-order valence-corrected chi connectivity index (χ1v) is 7.43. The molecule has 0 fully saturated rings. The number of pyridine rings is 1. The SMILES string of the molecule is CCNc1nc(NC(CC)c2cccs2)c(F)cc1F. The molecule has 0 aliphatic carbocycles. The highest BCUT2D eigenvalue weighted by atomic mass is 32.1. The van der Waals surface area contributed by atoms with E-state index in [0.717, 1.165) is 17.4 Å². The van der Waals surface area contributed by atoms with Crippen molar-refractivity contribution in [2.24, 2.45) is 0 Å². The minimum atomic E-state index is -0.681. The lowest BCUT2D eigenvalue weighted by molar-refractivity contribution is 0.575. The number of thiophene rings is 1. The van der Waals surface area contributed by atoms with Crippen LogP contribution < -0.4 is 10.6 Å². The van der Waals surface area contributed by atoms with Crippen molar-refractivity contribution in [3.63, 3.8) is 0 Å². The van der Waals surface area contributed by atoms with Gasteiger partial charge in [-0.3, -0.25) is 0 Å². The van der Waals surface area contributed by atoms with Crippen LogP contribution in [0.3, 0.4) is 0 Å². The maximum absolute atomic E-state index is 13.8. The number of halogens is 2. The van der Waals surface area contributed by atoms with Gasteiger partial charge in [0.2, 0.25) is 0 Å². The van der Waals surface area contributed by atoms with Crippen LogP contribution >= 0.6 is 11.3 Å². The van der Waals surface area contributed by atoms with Crippen molar-refractivity contribution in [2.75, 3.05) is 17.2 Å². The predicted molar refractivity (Wildman–Crippen MR) is 79.3 cm³/mol. The third-order valence-corrected chi connectivity index (χ3v) is 3.87. The summed E-state index contributed by atoms with van der Waals surface area (Å²) in [4.78, 5) is 5.09. The van der Waals surface area contributed by atoms with E-state index in [2.05, 4.69) is 15.6 Å². The zero-order valence-electron chi connectivity index (χ0n) is 11.4. The van der Waals surface area contributed by atoms with Gasteiger partial charge < -0.3 is 10.6 Å². The van der Waals surface area contributed by atoms with Gasteiger partial charge in [-0.2, -0.15) is 0 Å². The fourth-order valence-corrected chi connectivity index (χ4v) is 2.75. The van der Waals surface area contributed by atoms with E-state index in [1.807, 2.05) is 31.4 Å². The van der Waals surface area contributed by atoms with E-state index in [9.17, 15) is 8.78 Å². The van der Waals surface area contributed by atoms with Crippen LogP contribution in [-0.4, -0.2) is 11.5 Å². The molecule has 108 valence electrons. The van der Waals surface area contributed by atoms with Crippen LogP contribution in [0.4, 0.5) is 20.4 Å². The first-order chi connectivity index (χ1) is 9.65. The fraction of sp³-hybridized carbons (Fsp3) is 0.357. The summed E-state index contributed by atoms with van der Waals surface area (Å²) in [7, 11) is 0. The lowest BCUT2D eigenvalue weighted by atomic mass is 10.2. The molecule has 6 heteroatoms. The second-order valence-electron chi connectivity index (χ2n) is 4.30. The van der Waals surface area contributed by atoms with Crippen molar-refractivity contribution in [3.05, 3.63) is 40.1 Å². The lowest BCUT2D eigenvalue weighted by Crippen LogP contribution is -2.13. The molecule has 1 atom stereocenters. The highest BCUT2D eigenvalue weighted by Gasteiger charge is 2.16. The van der Waals surface area contributed by atoms with Crippen LogP contribution in [-0.2, 0) is 0 Å². The summed E-state index contributed by atoms with van der Waals surface area (Å²) < 4.78 is 27.3. The summed E-state index contributed by atoms with van der Waals surface area (Å²) in [6.07, 6.45) is 0.787. The summed E-state index contributed by atoms with van der Waals surface area (Å²) in [5.41, 5.74) is 0. The van der Waals surface area contributed by atoms with Gasteiger partial charge in [0.1, 0.15) is 0 Å². The van der Waals surface area contributed by atoms with Crippen LogP contribution in [0.5, 0.6) is 0 Å². The van der Waals surface area contributed by atoms with Crippen molar-refractivity contribution in [3.8, 4) is 0 Å². The highest BCUT2D eigenvalue weighted by molar-refractivity contribution is 7.10. The van der Waals surface area contributed by atoms with Gasteiger partial charge in [-0.15, -0.1) is 11.3 Å². The average Bonchev–Trinajstić information content (AvgIpc) is 2.94. The molecule has 0 aliphatic heterocycles. The molecule has 0 amide bonds. The Balaban J connectivity index is 2.25. The average molecular weight is 297 g/mol. The van der Waals surface area contributed by atoms with E-state index in [1.54, 1.807) is 11.3 Å². The van der Waals surface area contributed by atoms with Gasteiger partial charge in [0.05, 0.1) is 6.04 Å². The number of anilines is 2. The third-order valence-electron chi connectivity index (χ3n) is 2.88. The number of hydrogen-bond donors (Lipinski definition) is 2. The van der Waals surface area contributed by atoms with Gasteiger partial charge in [-0.25, -0.2) is 13.8 Å². The molecule has 3 nitrogen and oxygen atoms in total. The van der Waals surface area contributed by atoms with Gasteiger partial charge in [0, 0.05) is 17.5 Å². The predicted octanol–water partition coefficient (Wildman–Crippen LogP) is 4.42. The Labute approximate surface area is 121 Å². The minimum absolute atomic E-state index is 0.0306. The van der Waals surface area contributed by atoms with Crippen LogP contribution in [0.25, 0.3) is 0 Å². The molecule has 0 radical (unpaired) electrons. The Morgan fingerprint density at radius 2 is 2.00 bits per heavy atom. The molecule has 2 aromatic heterocycles. The number of nitrogens with zero attached hydrogens (tertiary/aromatic N) is 1. The molecule has 2 N–H and O–H groups in total. The van der Waals surface area contributed by atoms with Crippen molar-refractivity contribution < 1.29 is 8.78 Å². The molecular formula is C14H17F2N3S. The van der Waals surface area contributed by atoms with E-state index in [1.165, 1.54) is 0 Å². The second kappa shape index (κ2) is 6.65. The maximum Gasteiger partial charge on any atom is 0.168 e. The summed E-state index contributed by atoms with van der Waals surface area (Å²) in [6, 6.07) is 4.76. The first-order valence-electron chi connectivity index (χ1n) is 6.55. The first kappa shape index (κ1) is 14.7. The molecule has 0 bridgehead atoms. The molecule has 1 unspecified atom stereocenters. The summed E-state index contributed by atoms with van der Waals surface area (Å²) in [5.74, 6) is -1.22. The Hall–Kier alpha value is -1.69. The normalized spacial score (nSPS) is 12.2. The van der Waals surface area contributed by atoms with Crippen LogP contribution in [0.2, 0.25) is 0 Å². The Morgan fingerprint density at radius 1 is 1.25 bits per heavy atom. The van der Waals surface area contributed by atoms with E-state index >= 15 is 0 Å². The summed E-state index contributed by atoms with van der Waals surface area (Å²) in [6.45, 7) is 4.36. The molecule has 20 heavy (non-hydrogen) atoms. The van der Waals surface area contributed by atoms with E-state index in [0.29, 0.717) is 6.54 Å². The number of rotatable bonds is 6. The quantitative estimate of drug-likeness (QED) is 0.829. The van der Waals surface area contributed by atoms with Gasteiger partial charge >= 0.3 is 0 Å². The standard InChI is InChI=1S/C14H17F2N3S/c1-3-11(12-6-5-7-20-12)18-14-10(16)8-9(15)13(19-14)17-4-2/h5-8,11H,3-4H2,1-2H3,(H2,17,18,19). The summed E-state index contributed by atoms with van der Waals surface area (Å²) >= 11 is 1.60. The molecule has 0 saturated heterocycles. The Morgan fingerprint density at radius 3 is 2.60 bits per heavy atom. The van der Waals surface area contributed by atoms with Gasteiger partial charge in [-0.05, 0) is 24.8 Å². The van der Waals surface area contributed by atoms with Crippen LogP contribution in [0.1, 0.15) is 31.2 Å². The molecule has 0 aliphatic rings. The highest BCUT2D eigenvalue weighted by Crippen LogP contribution is 2.28. The smallest absolute Gasteiger partial charge is 0.168 e. The monoisotopic (exact) mass is 297 g/mol. The topological polar surface area (TPSA) is 37.0 Å². The largest absolute Gasteiger partial charge is 0.368 e. The van der Waals surface area contributed by atoms with E-state index in [-0.39, 0.29) is 17.7 Å². The molecule has 0 saturated carbocycles. The van der Waals surface area contributed by atoms with Crippen LogP contribution in [0.15, 0.2) is 23.6 Å². The van der Waals surface area contributed by atoms with Gasteiger partial charge in [-0.1, -0.05) is 13.0 Å². The Bertz CT molecular complexity index is 558. The van der Waals surface area contributed by atoms with Crippen molar-refractivity contribution >= 4 is 23.0 Å². The van der Waals surface area contributed by atoms with Crippen LogP contribution in [0, 0.1) is 11.6 Å². The number of aromatic nitrogens is 1. The van der Waals surface area contributed by atoms with Gasteiger partial charge in [0.25, 0.3) is 0 Å². The van der Waals surface area contributed by atoms with E-state index < -0.39 is 11.6 Å². The van der Waals surface area contributed by atoms with Crippen molar-refractivity contribution in [1.29, 1.82) is 0 Å². The zero-order valence-corrected chi connectivity index (χ0v) is 12.2. The molecule has 0 spiro atoms. The molecular weight excluding hydrogens is 280 g/mol.